The quantitative estimate of drug-likeness (QED) is 0.868. The van der Waals surface area contributed by atoms with Crippen LogP contribution in [0.5, 0.6) is 0 Å². The number of piperidine rings is 1. The lowest BCUT2D eigenvalue weighted by molar-refractivity contribution is -0.124. The smallest absolute Gasteiger partial charge is 0.234 e. The fourth-order valence-corrected chi connectivity index (χ4v) is 2.75. The molecule has 1 fully saturated rings. The fraction of sp³-hybridized carbons (Fsp3) is 0.429. The van der Waals surface area contributed by atoms with Gasteiger partial charge in [-0.2, -0.15) is 0 Å². The predicted molar refractivity (Wildman–Crippen MR) is 79.2 cm³/mol. The van der Waals surface area contributed by atoms with E-state index in [1.54, 1.807) is 18.2 Å². The normalized spacial score (nSPS) is 19.8. The molecule has 1 atom stereocenters. The Hall–Kier alpha value is -1.10. The first-order valence-corrected chi connectivity index (χ1v) is 7.26. The number of nitrogens with zero attached hydrogens (tertiary/aromatic N) is 1. The zero-order valence-electron chi connectivity index (χ0n) is 10.9. The second kappa shape index (κ2) is 6.57. The van der Waals surface area contributed by atoms with Crippen molar-refractivity contribution in [3.8, 4) is 0 Å². The second-order valence-electron chi connectivity index (χ2n) is 4.94. The Labute approximate surface area is 127 Å². The van der Waals surface area contributed by atoms with E-state index in [4.69, 9.17) is 28.9 Å². The number of Topliss-reactive ketones (excluding diaryl/α,β-unsaturated/α-hetero) is 1. The highest BCUT2D eigenvalue weighted by Crippen LogP contribution is 2.23. The van der Waals surface area contributed by atoms with E-state index in [1.165, 1.54) is 0 Å². The number of carbonyl (C=O) groups is 2. The summed E-state index contributed by atoms with van der Waals surface area (Å²) < 4.78 is 0. The second-order valence-corrected chi connectivity index (χ2v) is 5.75. The lowest BCUT2D eigenvalue weighted by atomic mass is 10.0. The molecule has 0 saturated carbocycles. The monoisotopic (exact) mass is 314 g/mol. The molecule has 0 aliphatic carbocycles. The van der Waals surface area contributed by atoms with Crippen molar-refractivity contribution >= 4 is 34.9 Å². The molecule has 1 saturated heterocycles. The molecule has 20 heavy (non-hydrogen) atoms. The molecule has 2 rings (SSSR count). The Kier molecular flexibility index (Phi) is 5.02. The van der Waals surface area contributed by atoms with Gasteiger partial charge in [0.1, 0.15) is 0 Å². The number of nitrogens with two attached hydrogens (primary N) is 1. The molecule has 1 aliphatic heterocycles. The van der Waals surface area contributed by atoms with Crippen molar-refractivity contribution in [2.75, 3.05) is 13.1 Å². The minimum atomic E-state index is -0.369. The molecule has 2 N–H and O–H groups in total. The van der Waals surface area contributed by atoms with Gasteiger partial charge in [-0.25, -0.2) is 0 Å². The van der Waals surface area contributed by atoms with Crippen LogP contribution in [0.15, 0.2) is 18.2 Å². The van der Waals surface area contributed by atoms with Gasteiger partial charge in [0.2, 0.25) is 5.91 Å². The lowest BCUT2D eigenvalue weighted by Crippen LogP contribution is -2.49. The van der Waals surface area contributed by atoms with E-state index in [0.717, 1.165) is 12.8 Å². The van der Waals surface area contributed by atoms with Crippen LogP contribution in [-0.4, -0.2) is 35.7 Å². The first-order chi connectivity index (χ1) is 9.49. The predicted octanol–water partition coefficient (Wildman–Crippen LogP) is 2.52. The molecule has 1 aromatic rings. The minimum absolute atomic E-state index is 0.0864. The first-order valence-electron chi connectivity index (χ1n) is 6.50. The van der Waals surface area contributed by atoms with Crippen LogP contribution >= 0.6 is 23.2 Å². The average molecular weight is 315 g/mol. The van der Waals surface area contributed by atoms with Crippen molar-refractivity contribution < 1.29 is 9.59 Å². The number of hydrogen-bond acceptors (Lipinski definition) is 3. The number of carbonyl (C=O) groups excluding carboxylic acids is 2. The molecular weight excluding hydrogens is 299 g/mol. The minimum Gasteiger partial charge on any atom is -0.368 e. The number of halogens is 2. The Bertz CT molecular complexity index is 534. The molecule has 1 aliphatic rings. The molecule has 6 heteroatoms. The van der Waals surface area contributed by atoms with E-state index >= 15 is 0 Å². The maximum Gasteiger partial charge on any atom is 0.234 e. The number of hydrogen-bond donors (Lipinski definition) is 1. The molecule has 108 valence electrons. The number of rotatable bonds is 4. The van der Waals surface area contributed by atoms with Crippen LogP contribution in [0.4, 0.5) is 0 Å². The maximum atomic E-state index is 12.2. The Morgan fingerprint density at radius 2 is 2.00 bits per heavy atom. The molecule has 1 heterocycles. The van der Waals surface area contributed by atoms with Gasteiger partial charge in [0.05, 0.1) is 22.6 Å². The summed E-state index contributed by atoms with van der Waals surface area (Å²) in [5.41, 5.74) is 5.88. The fourth-order valence-electron chi connectivity index (χ4n) is 2.45. The number of primary amides is 1. The average Bonchev–Trinajstić information content (AvgIpc) is 2.42. The van der Waals surface area contributed by atoms with Crippen LogP contribution in [0, 0.1) is 0 Å². The van der Waals surface area contributed by atoms with Crippen molar-refractivity contribution in [2.45, 2.75) is 25.3 Å². The standard InChI is InChI=1S/C14H16Cl2N2O2/c15-10-5-4-9(7-11(10)16)13(19)8-18-6-2-1-3-12(18)14(17)20/h4-5,7,12H,1-3,6,8H2,(H2,17,20). The van der Waals surface area contributed by atoms with Crippen LogP contribution in [-0.2, 0) is 4.79 Å². The Balaban J connectivity index is 2.09. The van der Waals surface area contributed by atoms with Crippen molar-refractivity contribution in [2.24, 2.45) is 5.73 Å². The third kappa shape index (κ3) is 3.51. The van der Waals surface area contributed by atoms with Crippen LogP contribution in [0.2, 0.25) is 10.0 Å². The van der Waals surface area contributed by atoms with Crippen molar-refractivity contribution in [1.82, 2.24) is 4.90 Å². The van der Waals surface area contributed by atoms with Gasteiger partial charge in [0, 0.05) is 5.56 Å². The summed E-state index contributed by atoms with van der Waals surface area (Å²) in [7, 11) is 0. The third-order valence-corrected chi connectivity index (χ3v) is 4.27. The third-order valence-electron chi connectivity index (χ3n) is 3.53. The van der Waals surface area contributed by atoms with Crippen LogP contribution in [0.25, 0.3) is 0 Å². The van der Waals surface area contributed by atoms with Crippen molar-refractivity contribution in [3.05, 3.63) is 33.8 Å². The van der Waals surface area contributed by atoms with Gasteiger partial charge in [-0.3, -0.25) is 14.5 Å². The maximum absolute atomic E-state index is 12.2. The van der Waals surface area contributed by atoms with Gasteiger partial charge in [-0.05, 0) is 37.6 Å². The van der Waals surface area contributed by atoms with Gasteiger partial charge in [-0.1, -0.05) is 29.6 Å². The van der Waals surface area contributed by atoms with E-state index in [2.05, 4.69) is 0 Å². The molecule has 0 radical (unpaired) electrons. The summed E-state index contributed by atoms with van der Waals surface area (Å²) in [6.45, 7) is 0.881. The summed E-state index contributed by atoms with van der Waals surface area (Å²) >= 11 is 11.7. The molecule has 0 bridgehead atoms. The van der Waals surface area contributed by atoms with Crippen LogP contribution in [0.1, 0.15) is 29.6 Å². The van der Waals surface area contributed by atoms with Gasteiger partial charge >= 0.3 is 0 Å². The van der Waals surface area contributed by atoms with Crippen LogP contribution < -0.4 is 5.73 Å². The molecule has 0 spiro atoms. The molecule has 1 aromatic carbocycles. The summed E-state index contributed by atoms with van der Waals surface area (Å²) in [5.74, 6) is -0.455. The SMILES string of the molecule is NC(=O)C1CCCCN1CC(=O)c1ccc(Cl)c(Cl)c1. The lowest BCUT2D eigenvalue weighted by Gasteiger charge is -2.32. The summed E-state index contributed by atoms with van der Waals surface area (Å²) in [6.07, 6.45) is 2.65. The molecule has 1 unspecified atom stereocenters. The van der Waals surface area contributed by atoms with E-state index in [-0.39, 0.29) is 24.3 Å². The summed E-state index contributed by atoms with van der Waals surface area (Å²) in [6, 6.07) is 4.43. The number of benzene rings is 1. The Morgan fingerprint density at radius 1 is 1.25 bits per heavy atom. The van der Waals surface area contributed by atoms with Gasteiger partial charge < -0.3 is 5.73 Å². The molecule has 1 amide bonds. The number of amides is 1. The highest BCUT2D eigenvalue weighted by atomic mass is 35.5. The topological polar surface area (TPSA) is 63.4 Å². The summed E-state index contributed by atoms with van der Waals surface area (Å²) in [4.78, 5) is 25.5. The van der Waals surface area contributed by atoms with E-state index in [9.17, 15) is 9.59 Å². The zero-order valence-corrected chi connectivity index (χ0v) is 12.5. The Morgan fingerprint density at radius 3 is 2.65 bits per heavy atom. The van der Waals surface area contributed by atoms with Gasteiger partial charge in [-0.15, -0.1) is 0 Å². The highest BCUT2D eigenvalue weighted by Gasteiger charge is 2.28. The molecule has 4 nitrogen and oxygen atoms in total. The molecule has 0 aromatic heterocycles. The van der Waals surface area contributed by atoms with Crippen LogP contribution in [0.3, 0.4) is 0 Å². The van der Waals surface area contributed by atoms with E-state index in [0.29, 0.717) is 28.6 Å². The van der Waals surface area contributed by atoms with Crippen molar-refractivity contribution in [3.63, 3.8) is 0 Å². The zero-order chi connectivity index (χ0) is 14.7. The largest absolute Gasteiger partial charge is 0.368 e. The van der Waals surface area contributed by atoms with Gasteiger partial charge in [0.15, 0.2) is 5.78 Å². The molecular formula is C14H16Cl2N2O2. The van der Waals surface area contributed by atoms with E-state index in [1.807, 2.05) is 4.90 Å². The van der Waals surface area contributed by atoms with E-state index < -0.39 is 0 Å². The summed E-state index contributed by atoms with van der Waals surface area (Å²) in [5, 5.41) is 0.763. The van der Waals surface area contributed by atoms with Crippen molar-refractivity contribution in [1.29, 1.82) is 0 Å². The van der Waals surface area contributed by atoms with Gasteiger partial charge in [0.25, 0.3) is 0 Å². The highest BCUT2D eigenvalue weighted by molar-refractivity contribution is 6.42. The first kappa shape index (κ1) is 15.3. The number of likely N-dealkylation sites (tertiary alicyclic amines) is 1. The number of ketones is 1.